The van der Waals surface area contributed by atoms with Crippen molar-refractivity contribution in [1.82, 2.24) is 0 Å². The van der Waals surface area contributed by atoms with Crippen molar-refractivity contribution in [3.8, 4) is 5.75 Å². The third kappa shape index (κ3) is 4.57. The smallest absolute Gasteiger partial charge is 0.119 e. The van der Waals surface area contributed by atoms with Crippen LogP contribution in [0.15, 0.2) is 24.3 Å². The van der Waals surface area contributed by atoms with Gasteiger partial charge in [0, 0.05) is 25.5 Å². The molecule has 1 unspecified atom stereocenters. The molecule has 1 saturated heterocycles. The summed E-state index contributed by atoms with van der Waals surface area (Å²) in [7, 11) is 11.8. The molecule has 22 heavy (non-hydrogen) atoms. The minimum atomic E-state index is 0.0740. The summed E-state index contributed by atoms with van der Waals surface area (Å²) in [6.45, 7) is 1.71. The van der Waals surface area contributed by atoms with Crippen LogP contribution in [0.1, 0.15) is 5.56 Å². The average Bonchev–Trinajstić information content (AvgIpc) is 3.24. The van der Waals surface area contributed by atoms with E-state index in [2.05, 4.69) is 38.7 Å². The van der Waals surface area contributed by atoms with Crippen molar-refractivity contribution in [3.63, 3.8) is 0 Å². The minimum Gasteiger partial charge on any atom is -0.494 e. The summed E-state index contributed by atoms with van der Waals surface area (Å²) in [5.74, 6) is 1.58. The van der Waals surface area contributed by atoms with Gasteiger partial charge in [-0.2, -0.15) is 0 Å². The lowest BCUT2D eigenvalue weighted by atomic mass is 8.57. The number of rotatable bonds is 8. The molecular weight excluding hydrogens is 260 g/mol. The van der Waals surface area contributed by atoms with Gasteiger partial charge in [0.15, 0.2) is 0 Å². The molecule has 1 aromatic carbocycles. The number of hydrogen-bond acceptors (Lipinski definition) is 2. The van der Waals surface area contributed by atoms with Crippen LogP contribution >= 0.6 is 0 Å². The van der Waals surface area contributed by atoms with Crippen molar-refractivity contribution in [3.05, 3.63) is 29.8 Å². The molecule has 1 atom stereocenters. The molecular formula is C10H22B10O2. The van der Waals surface area contributed by atoms with Gasteiger partial charge in [0.25, 0.3) is 0 Å². The molecule has 0 aromatic heterocycles. The van der Waals surface area contributed by atoms with E-state index in [1.807, 2.05) is 24.3 Å². The summed E-state index contributed by atoms with van der Waals surface area (Å²) in [6, 6.07) is 7.79. The van der Waals surface area contributed by atoms with E-state index in [1.54, 1.807) is 0 Å². The predicted octanol–water partition coefficient (Wildman–Crippen LogP) is -4.62. The van der Waals surface area contributed by atoms with Crippen LogP contribution in [0.5, 0.6) is 5.75 Å². The molecule has 0 saturated carbocycles. The Morgan fingerprint density at radius 1 is 1.18 bits per heavy atom. The van der Waals surface area contributed by atoms with Crippen LogP contribution in [0.3, 0.4) is 0 Å². The first kappa shape index (κ1) is 18.0. The first-order valence-corrected chi connectivity index (χ1v) is 8.76. The van der Waals surface area contributed by atoms with Gasteiger partial charge >= 0.3 is 0 Å². The lowest BCUT2D eigenvalue weighted by Gasteiger charge is -2.24. The molecule has 1 aliphatic heterocycles. The molecule has 0 radical (unpaired) electrons. The highest BCUT2D eigenvalue weighted by molar-refractivity contribution is 8.01. The highest BCUT2D eigenvalue weighted by atomic mass is 16.5. The topological polar surface area (TPSA) is 29.5 Å². The van der Waals surface area contributed by atoms with Crippen LogP contribution < -0.4 is 4.74 Å². The third-order valence-electron chi connectivity index (χ3n) is 5.45. The Balaban J connectivity index is 1.88. The largest absolute Gasteiger partial charge is 0.494 e. The van der Waals surface area contributed by atoms with Crippen molar-refractivity contribution in [2.45, 2.75) is 18.7 Å². The first-order valence-electron chi connectivity index (χ1n) is 8.76. The van der Waals surface area contributed by atoms with Crippen LogP contribution in [0.25, 0.3) is 0 Å². The van der Waals surface area contributed by atoms with Gasteiger partial charge in [-0.3, -0.25) is 0 Å². The van der Waals surface area contributed by atoms with Crippen LogP contribution in [0.2, 0.25) is 12.1 Å². The van der Waals surface area contributed by atoms with Gasteiger partial charge in [-0.05, 0) is 23.5 Å². The van der Waals surface area contributed by atoms with Crippen molar-refractivity contribution in [1.29, 1.82) is 0 Å². The predicted molar refractivity (Wildman–Crippen MR) is 118 cm³/mol. The maximum absolute atomic E-state index is 9.19. The average molecular weight is 282 g/mol. The van der Waals surface area contributed by atoms with Crippen molar-refractivity contribution in [2.24, 2.45) is 0 Å². The molecule has 0 aliphatic carbocycles. The zero-order chi connectivity index (χ0) is 16.3. The van der Waals surface area contributed by atoms with E-state index in [9.17, 15) is 5.11 Å². The van der Waals surface area contributed by atoms with Crippen LogP contribution in [-0.2, 0) is 6.61 Å². The van der Waals surface area contributed by atoms with Gasteiger partial charge in [-0.15, -0.1) is 0 Å². The van der Waals surface area contributed by atoms with Gasteiger partial charge in [0.1, 0.15) is 5.75 Å². The Hall–Kier alpha value is -0.371. The molecule has 0 spiro atoms. The summed E-state index contributed by atoms with van der Waals surface area (Å²) < 4.78 is 5.96. The zero-order valence-corrected chi connectivity index (χ0v) is 14.8. The Bertz CT molecular complexity index is 487. The molecule has 1 heterocycles. The summed E-state index contributed by atoms with van der Waals surface area (Å²) in [6.07, 6.45) is 4.37. The van der Waals surface area contributed by atoms with E-state index in [1.165, 1.54) is 6.32 Å². The van der Waals surface area contributed by atoms with E-state index >= 15 is 0 Å². The molecule has 1 fully saturated rings. The minimum absolute atomic E-state index is 0.0740. The second-order valence-corrected chi connectivity index (χ2v) is 7.70. The van der Waals surface area contributed by atoms with Crippen molar-refractivity contribution < 1.29 is 9.84 Å². The van der Waals surface area contributed by atoms with E-state index in [0.29, 0.717) is 5.82 Å². The summed E-state index contributed by atoms with van der Waals surface area (Å²) in [5, 5.41) is 9.19. The SMILES string of the molecule is BB(B)B(B)B(B(B)B)B1CC1COc1cccc(CO)c1. The van der Waals surface area contributed by atoms with Gasteiger partial charge in [0.2, 0.25) is 0 Å². The Morgan fingerprint density at radius 2 is 1.91 bits per heavy atom. The first-order chi connectivity index (χ1) is 10.4. The van der Waals surface area contributed by atoms with Gasteiger partial charge in [-0.25, -0.2) is 0 Å². The molecule has 12 heteroatoms. The van der Waals surface area contributed by atoms with Gasteiger partial charge in [-0.1, -0.05) is 18.5 Å². The second kappa shape index (κ2) is 7.95. The molecule has 104 valence electrons. The van der Waals surface area contributed by atoms with Crippen LogP contribution in [0.4, 0.5) is 0 Å². The number of benzene rings is 1. The molecule has 2 rings (SSSR count). The van der Waals surface area contributed by atoms with Crippen molar-refractivity contribution >= 4 is 70.8 Å². The molecule has 1 aliphatic rings. The van der Waals surface area contributed by atoms with Gasteiger partial charge in [0.05, 0.1) is 58.5 Å². The van der Waals surface area contributed by atoms with Crippen LogP contribution in [-0.4, -0.2) is 82.5 Å². The lowest BCUT2D eigenvalue weighted by Crippen LogP contribution is -2.63. The monoisotopic (exact) mass is 284 g/mol. The van der Waals surface area contributed by atoms with E-state index in [4.69, 9.17) is 4.74 Å². The molecule has 0 bridgehead atoms. The summed E-state index contributed by atoms with van der Waals surface area (Å²) in [5.41, 5.74) is 0.915. The second-order valence-electron chi connectivity index (χ2n) is 7.70. The highest BCUT2D eigenvalue weighted by Crippen LogP contribution is 2.39. The summed E-state index contributed by atoms with van der Waals surface area (Å²) >= 11 is 0. The number of aliphatic hydroxyl groups is 1. The van der Waals surface area contributed by atoms with Crippen molar-refractivity contribution in [2.75, 3.05) is 6.61 Å². The van der Waals surface area contributed by atoms with E-state index in [0.717, 1.165) is 50.1 Å². The fourth-order valence-corrected chi connectivity index (χ4v) is 3.81. The third-order valence-corrected chi connectivity index (χ3v) is 5.45. The molecule has 0 amide bonds. The summed E-state index contributed by atoms with van der Waals surface area (Å²) in [4.78, 5) is 0. The maximum atomic E-state index is 9.19. The normalized spacial score (nSPS) is 16.0. The lowest BCUT2D eigenvalue weighted by molar-refractivity contribution is 0.279. The fraction of sp³-hybridized carbons (Fsp3) is 0.400. The van der Waals surface area contributed by atoms with Crippen LogP contribution in [0, 0.1) is 0 Å². The maximum Gasteiger partial charge on any atom is 0.119 e. The van der Waals surface area contributed by atoms with E-state index < -0.39 is 0 Å². The molecule has 1 N–H and O–H groups in total. The zero-order valence-electron chi connectivity index (χ0n) is 14.8. The highest BCUT2D eigenvalue weighted by Gasteiger charge is 2.50. The Kier molecular flexibility index (Phi) is 6.49. The number of aliphatic hydroxyl groups excluding tert-OH is 1. The van der Waals surface area contributed by atoms with Gasteiger partial charge < -0.3 is 9.84 Å². The Labute approximate surface area is 142 Å². The fourth-order valence-electron chi connectivity index (χ4n) is 3.81. The standard InChI is InChI=1S/C10H22B10O2/c11-17(12)19(15)20(18(13)14)16-5-9(16)7-22-10-3-1-2-8(4-10)6-21/h1-4,9,21H,5-7,11-15H2. The van der Waals surface area contributed by atoms with E-state index in [-0.39, 0.29) is 6.61 Å². The molecule has 1 aromatic rings. The number of hydrogen-bond donors (Lipinski definition) is 1. The quantitative estimate of drug-likeness (QED) is 0.486. The molecule has 2 nitrogen and oxygen atoms in total. The Morgan fingerprint density at radius 3 is 2.50 bits per heavy atom. The number of ether oxygens (including phenoxy) is 1.